The maximum Gasteiger partial charge on any atom is 0.239 e. The van der Waals surface area contributed by atoms with E-state index in [0.717, 1.165) is 19.5 Å². The first-order valence-corrected chi connectivity index (χ1v) is 6.86. The minimum absolute atomic E-state index is 0.106. The number of carbonyl (C=O) groups excluding carboxylic acids is 1. The van der Waals surface area contributed by atoms with Crippen LogP contribution in [0, 0.1) is 0 Å². The van der Waals surface area contributed by atoms with Gasteiger partial charge in [-0.15, -0.1) is 0 Å². The van der Waals surface area contributed by atoms with Crippen LogP contribution in [-0.4, -0.2) is 36.0 Å². The predicted octanol–water partition coefficient (Wildman–Crippen LogP) is 1.92. The number of nitrogens with one attached hydrogen (secondary N) is 1. The minimum atomic E-state index is 0.106. The molecule has 2 rings (SSSR count). The largest absolute Gasteiger partial charge is 0.339 e. The zero-order valence-electron chi connectivity index (χ0n) is 10.4. The van der Waals surface area contributed by atoms with Crippen molar-refractivity contribution in [2.45, 2.75) is 64.0 Å². The predicted molar refractivity (Wildman–Crippen MR) is 65.3 cm³/mol. The summed E-state index contributed by atoms with van der Waals surface area (Å²) in [6.45, 7) is 4.00. The number of rotatable bonds is 3. The summed E-state index contributed by atoms with van der Waals surface area (Å²) in [4.78, 5) is 14.5. The molecule has 1 saturated heterocycles. The molecule has 1 amide bonds. The van der Waals surface area contributed by atoms with E-state index in [0.29, 0.717) is 11.9 Å². The molecular weight excluding hydrogens is 200 g/mol. The van der Waals surface area contributed by atoms with Crippen LogP contribution >= 0.6 is 0 Å². The Kier molecular flexibility index (Phi) is 4.22. The van der Waals surface area contributed by atoms with Gasteiger partial charge >= 0.3 is 0 Å². The third kappa shape index (κ3) is 2.57. The van der Waals surface area contributed by atoms with Gasteiger partial charge in [0, 0.05) is 12.6 Å². The Morgan fingerprint density at radius 1 is 1.19 bits per heavy atom. The molecule has 2 aliphatic rings. The molecule has 0 radical (unpaired) electrons. The van der Waals surface area contributed by atoms with Crippen molar-refractivity contribution < 1.29 is 4.79 Å². The van der Waals surface area contributed by atoms with Gasteiger partial charge in [0.1, 0.15) is 0 Å². The number of likely N-dealkylation sites (N-methyl/N-ethyl adjacent to an activating group) is 1. The molecule has 3 nitrogen and oxygen atoms in total. The second kappa shape index (κ2) is 5.67. The van der Waals surface area contributed by atoms with Crippen LogP contribution in [0.3, 0.4) is 0 Å². The summed E-state index contributed by atoms with van der Waals surface area (Å²) in [6, 6.07) is 0.635. The number of piperidine rings is 1. The Balaban J connectivity index is 1.93. The van der Waals surface area contributed by atoms with Crippen LogP contribution in [0.5, 0.6) is 0 Å². The minimum Gasteiger partial charge on any atom is -0.339 e. The quantitative estimate of drug-likeness (QED) is 0.794. The molecule has 1 atom stereocenters. The van der Waals surface area contributed by atoms with E-state index in [2.05, 4.69) is 17.1 Å². The molecule has 0 aromatic carbocycles. The highest BCUT2D eigenvalue weighted by Crippen LogP contribution is 2.24. The van der Waals surface area contributed by atoms with Gasteiger partial charge in [0.05, 0.1) is 6.04 Å². The molecule has 1 saturated carbocycles. The van der Waals surface area contributed by atoms with Gasteiger partial charge in [-0.3, -0.25) is 4.79 Å². The third-order valence-electron chi connectivity index (χ3n) is 4.00. The van der Waals surface area contributed by atoms with Crippen molar-refractivity contribution in [2.24, 2.45) is 0 Å². The third-order valence-corrected chi connectivity index (χ3v) is 4.00. The van der Waals surface area contributed by atoms with Crippen molar-refractivity contribution in [2.75, 3.05) is 13.1 Å². The van der Waals surface area contributed by atoms with E-state index in [4.69, 9.17) is 0 Å². The van der Waals surface area contributed by atoms with Gasteiger partial charge in [-0.2, -0.15) is 0 Å². The molecule has 0 aromatic heterocycles. The average Bonchev–Trinajstić information content (AvgIpc) is 2.85. The monoisotopic (exact) mass is 224 g/mol. The number of hydrogen-bond acceptors (Lipinski definition) is 2. The van der Waals surface area contributed by atoms with E-state index in [1.165, 1.54) is 38.5 Å². The van der Waals surface area contributed by atoms with E-state index in [-0.39, 0.29) is 6.04 Å². The van der Waals surface area contributed by atoms with E-state index < -0.39 is 0 Å². The fourth-order valence-corrected chi connectivity index (χ4v) is 3.07. The summed E-state index contributed by atoms with van der Waals surface area (Å²) in [5, 5.41) is 3.37. The molecule has 0 bridgehead atoms. The smallest absolute Gasteiger partial charge is 0.239 e. The van der Waals surface area contributed by atoms with Crippen molar-refractivity contribution in [3.8, 4) is 0 Å². The number of amides is 1. The van der Waals surface area contributed by atoms with E-state index in [9.17, 15) is 4.79 Å². The Morgan fingerprint density at radius 3 is 2.44 bits per heavy atom. The van der Waals surface area contributed by atoms with Crippen molar-refractivity contribution in [3.05, 3.63) is 0 Å². The molecular formula is C13H24N2O. The van der Waals surface area contributed by atoms with Gasteiger partial charge < -0.3 is 10.2 Å². The Bertz CT molecular complexity index is 230. The summed E-state index contributed by atoms with van der Waals surface area (Å²) < 4.78 is 0. The molecule has 1 heterocycles. The topological polar surface area (TPSA) is 32.3 Å². The second-order valence-electron chi connectivity index (χ2n) is 5.07. The molecule has 0 spiro atoms. The first-order chi connectivity index (χ1) is 7.83. The van der Waals surface area contributed by atoms with Crippen LogP contribution in [0.25, 0.3) is 0 Å². The molecule has 92 valence electrons. The lowest BCUT2D eigenvalue weighted by atomic mass is 10.0. The molecule has 1 aliphatic heterocycles. The lowest BCUT2D eigenvalue weighted by Crippen LogP contribution is -2.51. The van der Waals surface area contributed by atoms with Crippen LogP contribution in [0.1, 0.15) is 51.9 Å². The first kappa shape index (κ1) is 11.9. The van der Waals surface area contributed by atoms with Crippen molar-refractivity contribution in [1.29, 1.82) is 0 Å². The maximum absolute atomic E-state index is 12.4. The molecule has 0 aromatic rings. The van der Waals surface area contributed by atoms with E-state index >= 15 is 0 Å². The lowest BCUT2D eigenvalue weighted by Gasteiger charge is -2.33. The fraction of sp³-hybridized carbons (Fsp3) is 0.923. The van der Waals surface area contributed by atoms with Crippen LogP contribution in [0.15, 0.2) is 0 Å². The summed E-state index contributed by atoms with van der Waals surface area (Å²) in [5.41, 5.74) is 0. The normalized spacial score (nSPS) is 26.9. The average molecular weight is 224 g/mol. The fourth-order valence-electron chi connectivity index (χ4n) is 3.07. The maximum atomic E-state index is 12.4. The standard InChI is InChI=1S/C13H24N2O/c1-2-15(11-7-3-4-8-11)13(16)12-9-5-6-10-14-12/h11-12,14H,2-10H2,1H3/t12-/m0/s1. The summed E-state index contributed by atoms with van der Waals surface area (Å²) in [7, 11) is 0. The first-order valence-electron chi connectivity index (χ1n) is 6.86. The zero-order chi connectivity index (χ0) is 11.4. The summed E-state index contributed by atoms with van der Waals surface area (Å²) in [5.74, 6) is 0.356. The number of nitrogens with zero attached hydrogens (tertiary/aromatic N) is 1. The molecule has 1 aliphatic carbocycles. The van der Waals surface area contributed by atoms with Crippen LogP contribution < -0.4 is 5.32 Å². The molecule has 2 fully saturated rings. The summed E-state index contributed by atoms with van der Waals surface area (Å²) >= 11 is 0. The number of hydrogen-bond donors (Lipinski definition) is 1. The molecule has 0 unspecified atom stereocenters. The van der Waals surface area contributed by atoms with Gasteiger partial charge in [0.15, 0.2) is 0 Å². The van der Waals surface area contributed by atoms with Crippen LogP contribution in [0.2, 0.25) is 0 Å². The van der Waals surface area contributed by atoms with Gasteiger partial charge in [-0.1, -0.05) is 19.3 Å². The van der Waals surface area contributed by atoms with Gasteiger partial charge in [0.2, 0.25) is 5.91 Å². The Hall–Kier alpha value is -0.570. The van der Waals surface area contributed by atoms with Crippen molar-refractivity contribution in [1.82, 2.24) is 10.2 Å². The van der Waals surface area contributed by atoms with Crippen LogP contribution in [0.4, 0.5) is 0 Å². The highest BCUT2D eigenvalue weighted by molar-refractivity contribution is 5.82. The Labute approximate surface area is 98.6 Å². The molecule has 1 N–H and O–H groups in total. The van der Waals surface area contributed by atoms with E-state index in [1.807, 2.05) is 0 Å². The SMILES string of the molecule is CCN(C(=O)[C@@H]1CCCCN1)C1CCCC1. The molecule has 3 heteroatoms. The van der Waals surface area contributed by atoms with Gasteiger partial charge in [-0.05, 0) is 39.2 Å². The van der Waals surface area contributed by atoms with E-state index in [1.54, 1.807) is 0 Å². The zero-order valence-corrected chi connectivity index (χ0v) is 10.4. The van der Waals surface area contributed by atoms with Crippen molar-refractivity contribution >= 4 is 5.91 Å². The molecule has 16 heavy (non-hydrogen) atoms. The van der Waals surface area contributed by atoms with Gasteiger partial charge in [0.25, 0.3) is 0 Å². The van der Waals surface area contributed by atoms with Crippen molar-refractivity contribution in [3.63, 3.8) is 0 Å². The Morgan fingerprint density at radius 2 is 1.88 bits per heavy atom. The highest BCUT2D eigenvalue weighted by atomic mass is 16.2. The van der Waals surface area contributed by atoms with Crippen LogP contribution in [-0.2, 0) is 4.79 Å². The number of carbonyl (C=O) groups is 1. The van der Waals surface area contributed by atoms with Gasteiger partial charge in [-0.25, -0.2) is 0 Å². The lowest BCUT2D eigenvalue weighted by molar-refractivity contribution is -0.136. The highest BCUT2D eigenvalue weighted by Gasteiger charge is 2.30. The second-order valence-corrected chi connectivity index (χ2v) is 5.07. The summed E-state index contributed by atoms with van der Waals surface area (Å²) in [6.07, 6.45) is 8.48.